The van der Waals surface area contributed by atoms with Gasteiger partial charge in [-0.05, 0) is 89.7 Å². The molecule has 1 aromatic carbocycles. The van der Waals surface area contributed by atoms with E-state index in [0.717, 1.165) is 24.8 Å². The third-order valence-electron chi connectivity index (χ3n) is 9.50. The van der Waals surface area contributed by atoms with Gasteiger partial charge in [0, 0.05) is 5.92 Å². The van der Waals surface area contributed by atoms with Gasteiger partial charge in [-0.3, -0.25) is 4.55 Å². The van der Waals surface area contributed by atoms with Gasteiger partial charge in [0.1, 0.15) is 0 Å². The van der Waals surface area contributed by atoms with E-state index in [4.69, 9.17) is 0 Å². The van der Waals surface area contributed by atoms with Gasteiger partial charge in [0.15, 0.2) is 0 Å². The Balaban J connectivity index is 1.72. The number of benzene rings is 1. The third-order valence-corrected chi connectivity index (χ3v) is 10.6. The van der Waals surface area contributed by atoms with Gasteiger partial charge in [-0.1, -0.05) is 117 Å². The van der Waals surface area contributed by atoms with E-state index < -0.39 is 10.1 Å². The van der Waals surface area contributed by atoms with Crippen molar-refractivity contribution in [1.82, 2.24) is 0 Å². The summed E-state index contributed by atoms with van der Waals surface area (Å²) < 4.78 is 34.8. The van der Waals surface area contributed by atoms with Crippen LogP contribution >= 0.6 is 0 Å². The predicted molar refractivity (Wildman–Crippen MR) is 166 cm³/mol. The lowest BCUT2D eigenvalue weighted by Gasteiger charge is -2.34. The van der Waals surface area contributed by atoms with Crippen LogP contribution in [0.25, 0.3) is 0 Å². The first-order valence-corrected chi connectivity index (χ1v) is 16.6. The molecule has 0 fully saturated rings. The summed E-state index contributed by atoms with van der Waals surface area (Å²) in [6, 6.07) is 9.40. The Morgan fingerprint density at radius 2 is 1.59 bits per heavy atom. The van der Waals surface area contributed by atoms with E-state index in [2.05, 4.69) is 91.8 Å². The van der Waals surface area contributed by atoms with Crippen molar-refractivity contribution in [3.63, 3.8) is 0 Å². The average molecular weight is 555 g/mol. The highest BCUT2D eigenvalue weighted by atomic mass is 32.2. The van der Waals surface area contributed by atoms with Crippen LogP contribution in [0.5, 0.6) is 0 Å². The minimum Gasteiger partial charge on any atom is -0.282 e. The lowest BCUT2D eigenvalue weighted by Crippen LogP contribution is -2.26. The fraction of sp³-hybridized carbons (Fsp3) is 0.657. The molecule has 39 heavy (non-hydrogen) atoms. The van der Waals surface area contributed by atoms with Crippen molar-refractivity contribution in [2.24, 2.45) is 29.1 Å². The molecule has 2 aliphatic rings. The highest BCUT2D eigenvalue weighted by molar-refractivity contribution is 7.89. The number of allylic oxidation sites excluding steroid dienone is 6. The van der Waals surface area contributed by atoms with Crippen LogP contribution in [-0.2, 0) is 15.5 Å². The Labute approximate surface area is 240 Å². The predicted octanol–water partition coefficient (Wildman–Crippen LogP) is 10.0. The Morgan fingerprint density at radius 3 is 2.05 bits per heavy atom. The molecule has 0 radical (unpaired) electrons. The molecule has 0 aromatic heterocycles. The molecule has 0 bridgehead atoms. The highest BCUT2D eigenvalue weighted by Gasteiger charge is 2.36. The molecule has 3 nitrogen and oxygen atoms in total. The van der Waals surface area contributed by atoms with Gasteiger partial charge < -0.3 is 0 Å². The van der Waals surface area contributed by atoms with Crippen LogP contribution in [0.3, 0.4) is 0 Å². The summed E-state index contributed by atoms with van der Waals surface area (Å²) in [6.07, 6.45) is 11.0. The molecule has 0 aliphatic heterocycles. The van der Waals surface area contributed by atoms with Crippen molar-refractivity contribution in [2.45, 2.75) is 119 Å². The van der Waals surface area contributed by atoms with Crippen molar-refractivity contribution >= 4 is 10.1 Å². The van der Waals surface area contributed by atoms with Gasteiger partial charge in [0.25, 0.3) is 10.1 Å². The Bertz CT molecular complexity index is 1200. The molecular weight excluding hydrogens is 500 g/mol. The zero-order valence-corrected chi connectivity index (χ0v) is 27.1. The maximum absolute atomic E-state index is 12.4. The fourth-order valence-corrected chi connectivity index (χ4v) is 7.83. The maximum atomic E-state index is 12.4. The summed E-state index contributed by atoms with van der Waals surface area (Å²) in [4.78, 5) is 0.243. The second-order valence-electron chi connectivity index (χ2n) is 14.6. The van der Waals surface area contributed by atoms with E-state index in [-0.39, 0.29) is 33.5 Å². The Kier molecular flexibility index (Phi) is 9.86. The van der Waals surface area contributed by atoms with Crippen LogP contribution in [-0.4, -0.2) is 13.0 Å². The smallest absolute Gasteiger partial charge is 0.282 e. The largest absolute Gasteiger partial charge is 0.291 e. The minimum absolute atomic E-state index is 0.0420. The summed E-state index contributed by atoms with van der Waals surface area (Å²) in [6.45, 7) is 22.1. The fourth-order valence-electron chi connectivity index (χ4n) is 6.50. The highest BCUT2D eigenvalue weighted by Crippen LogP contribution is 2.44. The lowest BCUT2D eigenvalue weighted by atomic mass is 9.73. The van der Waals surface area contributed by atoms with E-state index in [1.807, 2.05) is 13.8 Å². The standard InChI is InChI=1S/C35H54O3S/c1-23(2)31-21-28(22-32(24(3)4)33(31)39(36,37)38)25(5)19-20-35(9,10)30-17-13-27(14-18-30)26-11-15-29(16-12-26)34(6,7)8/h13-15,17-18,21,23-26,32H,11-12,16,19-20,22H2,1-10H3,(H,36,37,38). The van der Waals surface area contributed by atoms with Crippen LogP contribution in [0.4, 0.5) is 0 Å². The van der Waals surface area contributed by atoms with Crippen LogP contribution in [0.15, 0.2) is 58.0 Å². The number of rotatable bonds is 9. The molecule has 1 aromatic rings. The van der Waals surface area contributed by atoms with Crippen LogP contribution < -0.4 is 0 Å². The minimum atomic E-state index is -4.22. The van der Waals surface area contributed by atoms with Gasteiger partial charge >= 0.3 is 0 Å². The van der Waals surface area contributed by atoms with Crippen LogP contribution in [0, 0.1) is 29.1 Å². The first-order chi connectivity index (χ1) is 17.9. The number of hydrogen-bond acceptors (Lipinski definition) is 2. The zero-order chi connectivity index (χ0) is 29.3. The monoisotopic (exact) mass is 554 g/mol. The maximum Gasteiger partial charge on any atom is 0.291 e. The van der Waals surface area contributed by atoms with E-state index in [0.29, 0.717) is 18.3 Å². The topological polar surface area (TPSA) is 54.4 Å². The summed E-state index contributed by atoms with van der Waals surface area (Å²) >= 11 is 0. The summed E-state index contributed by atoms with van der Waals surface area (Å²) in [7, 11) is -4.22. The Hall–Kier alpha value is -1.65. The van der Waals surface area contributed by atoms with E-state index >= 15 is 0 Å². The second-order valence-corrected chi connectivity index (χ2v) is 16.0. The molecule has 218 valence electrons. The van der Waals surface area contributed by atoms with Gasteiger partial charge in [0.05, 0.1) is 4.91 Å². The van der Waals surface area contributed by atoms with E-state index in [1.165, 1.54) is 29.5 Å². The molecule has 3 unspecified atom stereocenters. The SMILES string of the molecule is CC(C)C1=C(S(=O)(=O)O)C(C(C)C)CC(C(C)CCC(C)(C)c2ccc(C3CC=C(C(C)(C)C)CC3)cc2)=C1. The quantitative estimate of drug-likeness (QED) is 0.244. The van der Waals surface area contributed by atoms with Crippen molar-refractivity contribution in [2.75, 3.05) is 0 Å². The summed E-state index contributed by atoms with van der Waals surface area (Å²) in [5.74, 6) is 0.986. The molecule has 4 heteroatoms. The molecule has 2 aliphatic carbocycles. The van der Waals surface area contributed by atoms with Crippen molar-refractivity contribution in [1.29, 1.82) is 0 Å². The van der Waals surface area contributed by atoms with Crippen molar-refractivity contribution in [3.05, 3.63) is 69.2 Å². The normalized spacial score (nSPS) is 22.3. The summed E-state index contributed by atoms with van der Waals surface area (Å²) in [5, 5.41) is 0. The second kappa shape index (κ2) is 12.1. The molecule has 0 saturated heterocycles. The molecule has 0 saturated carbocycles. The van der Waals surface area contributed by atoms with Crippen LogP contribution in [0.2, 0.25) is 0 Å². The average Bonchev–Trinajstić information content (AvgIpc) is 2.85. The first-order valence-electron chi connectivity index (χ1n) is 15.1. The van der Waals surface area contributed by atoms with E-state index in [9.17, 15) is 13.0 Å². The molecular formula is C35H54O3S. The molecule has 1 N–H and O–H groups in total. The molecule has 0 amide bonds. The van der Waals surface area contributed by atoms with Gasteiger partial charge in [-0.25, -0.2) is 0 Å². The summed E-state index contributed by atoms with van der Waals surface area (Å²) in [5.41, 5.74) is 6.88. The van der Waals surface area contributed by atoms with Gasteiger partial charge in [-0.2, -0.15) is 8.42 Å². The van der Waals surface area contributed by atoms with Crippen molar-refractivity contribution < 1.29 is 13.0 Å². The Morgan fingerprint density at radius 1 is 0.974 bits per heavy atom. The molecule has 0 spiro atoms. The third kappa shape index (κ3) is 7.76. The first kappa shape index (κ1) is 31.9. The molecule has 0 heterocycles. The van der Waals surface area contributed by atoms with Gasteiger partial charge in [0.2, 0.25) is 0 Å². The van der Waals surface area contributed by atoms with Crippen LogP contribution in [0.1, 0.15) is 125 Å². The molecule has 3 atom stereocenters. The number of hydrogen-bond donors (Lipinski definition) is 1. The van der Waals surface area contributed by atoms with E-state index in [1.54, 1.807) is 5.57 Å². The zero-order valence-electron chi connectivity index (χ0n) is 26.3. The van der Waals surface area contributed by atoms with Gasteiger partial charge in [-0.15, -0.1) is 0 Å². The van der Waals surface area contributed by atoms with Crippen molar-refractivity contribution in [3.8, 4) is 0 Å². The lowest BCUT2D eigenvalue weighted by molar-refractivity contribution is 0.383. The molecule has 3 rings (SSSR count).